The first-order valence-electron chi connectivity index (χ1n) is 11.8. The number of carbonyl (C=O) groups excluding carboxylic acids is 2. The molecule has 2 saturated heterocycles. The molecule has 1 unspecified atom stereocenters. The number of hydrogen-bond acceptors (Lipinski definition) is 7. The van der Waals surface area contributed by atoms with Crippen LogP contribution in [0.3, 0.4) is 0 Å². The third-order valence-corrected chi connectivity index (χ3v) is 7.18. The predicted molar refractivity (Wildman–Crippen MR) is 121 cm³/mol. The van der Waals surface area contributed by atoms with Gasteiger partial charge in [0.2, 0.25) is 5.91 Å². The number of rotatable bonds is 6. The van der Waals surface area contributed by atoms with Crippen LogP contribution in [0.2, 0.25) is 0 Å². The smallest absolute Gasteiger partial charge is 0.416 e. The minimum atomic E-state index is -4.48. The predicted octanol–water partition coefficient (Wildman–Crippen LogP) is 2.53. The van der Waals surface area contributed by atoms with E-state index in [1.165, 1.54) is 12.4 Å². The van der Waals surface area contributed by atoms with E-state index in [0.29, 0.717) is 24.1 Å². The van der Waals surface area contributed by atoms with Gasteiger partial charge in [-0.3, -0.25) is 9.69 Å². The van der Waals surface area contributed by atoms with Crippen LogP contribution in [0, 0.1) is 5.92 Å². The van der Waals surface area contributed by atoms with Crippen LogP contribution in [0.25, 0.3) is 10.9 Å². The molecule has 3 fully saturated rings. The fourth-order valence-corrected chi connectivity index (χ4v) is 5.24. The molecule has 1 aromatic carbocycles. The second-order valence-electron chi connectivity index (χ2n) is 9.44. The van der Waals surface area contributed by atoms with Crippen LogP contribution in [-0.2, 0) is 15.7 Å². The molecule has 5 rings (SSSR count). The van der Waals surface area contributed by atoms with Crippen molar-refractivity contribution in [1.82, 2.24) is 25.5 Å². The highest BCUT2D eigenvalue weighted by atomic mass is 19.4. The Kier molecular flexibility index (Phi) is 6.39. The zero-order valence-electron chi connectivity index (χ0n) is 19.0. The van der Waals surface area contributed by atoms with Crippen LogP contribution in [0.5, 0.6) is 0 Å². The fourth-order valence-electron chi connectivity index (χ4n) is 5.24. The number of fused-ring (bicyclic) bond motifs is 1. The van der Waals surface area contributed by atoms with Crippen LogP contribution in [-0.4, -0.2) is 71.2 Å². The average Bonchev–Trinajstić information content (AvgIpc) is 3.25. The van der Waals surface area contributed by atoms with Gasteiger partial charge in [-0.05, 0) is 49.8 Å². The first-order chi connectivity index (χ1) is 16.8. The number of cyclic esters (lactones) is 1. The number of nitrogens with zero attached hydrogens (tertiary/aromatic N) is 3. The minimum Gasteiger partial charge on any atom is -0.447 e. The number of carbonyl (C=O) groups is 2. The molecule has 1 aliphatic carbocycles. The molecular formula is C23H27F3N6O3. The molecule has 3 aliphatic rings. The van der Waals surface area contributed by atoms with Gasteiger partial charge >= 0.3 is 12.3 Å². The van der Waals surface area contributed by atoms with Crippen molar-refractivity contribution >= 4 is 28.7 Å². The van der Waals surface area contributed by atoms with Gasteiger partial charge in [0.15, 0.2) is 0 Å². The molecule has 1 atom stereocenters. The van der Waals surface area contributed by atoms with Crippen molar-refractivity contribution in [3.8, 4) is 0 Å². The van der Waals surface area contributed by atoms with Gasteiger partial charge in [-0.25, -0.2) is 14.8 Å². The summed E-state index contributed by atoms with van der Waals surface area (Å²) in [4.78, 5) is 34.1. The molecule has 2 amide bonds. The number of ether oxygens (including phenoxy) is 1. The van der Waals surface area contributed by atoms with Gasteiger partial charge in [-0.2, -0.15) is 13.2 Å². The van der Waals surface area contributed by atoms with Crippen molar-refractivity contribution in [2.75, 3.05) is 31.6 Å². The summed E-state index contributed by atoms with van der Waals surface area (Å²) in [5.74, 6) is 0.395. The first kappa shape index (κ1) is 23.6. The van der Waals surface area contributed by atoms with E-state index >= 15 is 0 Å². The Morgan fingerprint density at radius 3 is 2.63 bits per heavy atom. The lowest BCUT2D eigenvalue weighted by Gasteiger charge is -2.47. The number of aromatic nitrogens is 2. The van der Waals surface area contributed by atoms with Crippen LogP contribution in [0.1, 0.15) is 31.2 Å². The normalized spacial score (nSPS) is 25.6. The van der Waals surface area contributed by atoms with Crippen molar-refractivity contribution in [1.29, 1.82) is 0 Å². The lowest BCUT2D eigenvalue weighted by Crippen LogP contribution is -2.63. The van der Waals surface area contributed by atoms with Crippen molar-refractivity contribution < 1.29 is 27.5 Å². The van der Waals surface area contributed by atoms with Crippen LogP contribution in [0.4, 0.5) is 23.8 Å². The molecule has 1 aromatic heterocycles. The van der Waals surface area contributed by atoms with E-state index in [4.69, 9.17) is 4.74 Å². The Hall–Kier alpha value is -3.15. The summed E-state index contributed by atoms with van der Waals surface area (Å²) in [5.41, 5.74) is -0.430. The van der Waals surface area contributed by atoms with E-state index in [-0.39, 0.29) is 41.8 Å². The number of alkyl carbamates (subject to hydrolysis) is 1. The van der Waals surface area contributed by atoms with Crippen LogP contribution >= 0.6 is 0 Å². The van der Waals surface area contributed by atoms with Gasteiger partial charge in [0.25, 0.3) is 0 Å². The van der Waals surface area contributed by atoms with E-state index in [1.54, 1.807) is 0 Å². The number of halogens is 3. The SMILES string of the molecule is O=C(CNc1ncnc2ccc(C(F)(F)F)cc12)NC1CN([C@H]2CC[C@H](C3COC(=O)N3)CC2)C1. The number of anilines is 1. The Bertz CT molecular complexity index is 1100. The number of hydrogen-bond donors (Lipinski definition) is 3. The summed E-state index contributed by atoms with van der Waals surface area (Å²) in [7, 11) is 0. The topological polar surface area (TPSA) is 108 Å². The van der Waals surface area contributed by atoms with Crippen LogP contribution in [0.15, 0.2) is 24.5 Å². The standard InChI is InChI=1S/C23H27F3N6O3/c24-23(25,26)14-3-6-18-17(7-14)21(29-12-28-18)27-8-20(33)30-15-9-32(10-15)16-4-1-13(2-5-16)19-11-35-22(34)31-19/h3,6-7,12-13,15-16,19H,1-2,4-5,8-11H2,(H,30,33)(H,31,34)(H,27,28,29)/t13-,16-,19?. The molecule has 12 heteroatoms. The summed E-state index contributed by atoms with van der Waals surface area (Å²) in [6, 6.07) is 3.89. The number of amides is 2. The molecule has 0 spiro atoms. The highest BCUT2D eigenvalue weighted by molar-refractivity contribution is 5.91. The van der Waals surface area contributed by atoms with Crippen molar-refractivity contribution in [2.45, 2.75) is 50.0 Å². The van der Waals surface area contributed by atoms with Gasteiger partial charge in [0.05, 0.1) is 29.7 Å². The Labute approximate surface area is 199 Å². The quantitative estimate of drug-likeness (QED) is 0.569. The minimum absolute atomic E-state index is 0.0449. The Morgan fingerprint density at radius 1 is 1.17 bits per heavy atom. The summed E-state index contributed by atoms with van der Waals surface area (Å²) < 4.78 is 44.2. The Balaban J connectivity index is 1.07. The van der Waals surface area contributed by atoms with E-state index in [1.807, 2.05) is 0 Å². The number of likely N-dealkylation sites (tertiary alicyclic amines) is 1. The van der Waals surface area contributed by atoms with Gasteiger partial charge in [0, 0.05) is 24.5 Å². The third kappa shape index (κ3) is 5.26. The monoisotopic (exact) mass is 492 g/mol. The third-order valence-electron chi connectivity index (χ3n) is 7.18. The highest BCUT2D eigenvalue weighted by Crippen LogP contribution is 2.34. The van der Waals surface area contributed by atoms with Gasteiger partial charge < -0.3 is 20.7 Å². The summed E-state index contributed by atoms with van der Waals surface area (Å²) in [6.07, 6.45) is 0.641. The molecule has 0 radical (unpaired) electrons. The maximum absolute atomic E-state index is 13.1. The Morgan fingerprint density at radius 2 is 1.94 bits per heavy atom. The van der Waals surface area contributed by atoms with E-state index in [0.717, 1.165) is 50.9 Å². The van der Waals surface area contributed by atoms with Gasteiger partial charge in [-0.1, -0.05) is 0 Å². The molecule has 3 heterocycles. The highest BCUT2D eigenvalue weighted by Gasteiger charge is 2.38. The molecule has 2 aromatic rings. The lowest BCUT2D eigenvalue weighted by molar-refractivity contribution is -0.137. The average molecular weight is 493 g/mol. The lowest BCUT2D eigenvalue weighted by atomic mass is 9.80. The molecule has 1 saturated carbocycles. The summed E-state index contributed by atoms with van der Waals surface area (Å²) >= 11 is 0. The summed E-state index contributed by atoms with van der Waals surface area (Å²) in [5, 5.41) is 8.91. The molecule has 0 bridgehead atoms. The van der Waals surface area contributed by atoms with Gasteiger partial charge in [0.1, 0.15) is 18.8 Å². The fraction of sp³-hybridized carbons (Fsp3) is 0.565. The van der Waals surface area contributed by atoms with E-state index in [9.17, 15) is 22.8 Å². The molecule has 35 heavy (non-hydrogen) atoms. The molecule has 3 N–H and O–H groups in total. The molecule has 188 valence electrons. The zero-order chi connectivity index (χ0) is 24.6. The first-order valence-corrected chi connectivity index (χ1v) is 11.8. The second kappa shape index (κ2) is 9.48. The summed E-state index contributed by atoms with van der Waals surface area (Å²) in [6.45, 7) is 1.90. The van der Waals surface area contributed by atoms with Gasteiger partial charge in [-0.15, -0.1) is 0 Å². The van der Waals surface area contributed by atoms with E-state index < -0.39 is 11.7 Å². The largest absolute Gasteiger partial charge is 0.447 e. The van der Waals surface area contributed by atoms with Crippen LogP contribution < -0.4 is 16.0 Å². The number of alkyl halides is 3. The maximum Gasteiger partial charge on any atom is 0.416 e. The zero-order valence-corrected chi connectivity index (χ0v) is 19.0. The van der Waals surface area contributed by atoms with E-state index in [2.05, 4.69) is 30.8 Å². The second-order valence-corrected chi connectivity index (χ2v) is 9.44. The number of benzene rings is 1. The van der Waals surface area contributed by atoms with Crippen molar-refractivity contribution in [2.24, 2.45) is 5.92 Å². The molecular weight excluding hydrogens is 465 g/mol. The maximum atomic E-state index is 13.1. The van der Waals surface area contributed by atoms with Crippen molar-refractivity contribution in [3.05, 3.63) is 30.1 Å². The molecule has 2 aliphatic heterocycles. The number of nitrogens with one attached hydrogen (secondary N) is 3. The van der Waals surface area contributed by atoms with Crippen molar-refractivity contribution in [3.63, 3.8) is 0 Å². The molecule has 9 nitrogen and oxygen atoms in total.